The van der Waals surface area contributed by atoms with Crippen LogP contribution in [-0.4, -0.2) is 17.0 Å². The van der Waals surface area contributed by atoms with Gasteiger partial charge in [-0.15, -0.1) is 0 Å². The number of urea groups is 1. The van der Waals surface area contributed by atoms with Crippen LogP contribution in [0.5, 0.6) is 0 Å². The quantitative estimate of drug-likeness (QED) is 0.587. The molecule has 0 radical (unpaired) electrons. The molecule has 1 atom stereocenters. The number of fused-ring (bicyclic) bond motifs is 1. The van der Waals surface area contributed by atoms with Crippen LogP contribution < -0.4 is 15.5 Å². The Morgan fingerprint density at radius 3 is 2.35 bits per heavy atom. The highest BCUT2D eigenvalue weighted by atomic mass is 19.1. The Morgan fingerprint density at radius 1 is 1.03 bits per heavy atom. The predicted octanol–water partition coefficient (Wildman–Crippen LogP) is 3.90. The summed E-state index contributed by atoms with van der Waals surface area (Å²) in [5.41, 5.74) is 0.437. The number of aryl methyl sites for hydroxylation is 1. The molecule has 1 unspecified atom stereocenters. The fraction of sp³-hybridized carbons (Fsp3) is 0.167. The lowest BCUT2D eigenvalue weighted by atomic mass is 9.94. The Hall–Kier alpha value is -3.71. The molecule has 1 heterocycles. The highest BCUT2D eigenvalue weighted by molar-refractivity contribution is 6.11. The molecule has 0 fully saturated rings. The Bertz CT molecular complexity index is 1120. The van der Waals surface area contributed by atoms with Gasteiger partial charge in [-0.3, -0.25) is 9.69 Å². The summed E-state index contributed by atoms with van der Waals surface area (Å²) < 4.78 is 13.2. The molecule has 3 N–H and O–H groups in total. The van der Waals surface area contributed by atoms with Crippen LogP contribution in [0.4, 0.5) is 20.6 Å². The maximum absolute atomic E-state index is 13.3. The van der Waals surface area contributed by atoms with Crippen molar-refractivity contribution in [2.45, 2.75) is 25.6 Å². The number of hydrogen-bond donors (Lipinski definition) is 3. The highest BCUT2D eigenvalue weighted by Crippen LogP contribution is 2.39. The summed E-state index contributed by atoms with van der Waals surface area (Å²) >= 11 is 0. The molecule has 0 aliphatic carbocycles. The first-order valence-corrected chi connectivity index (χ1v) is 9.98. The third kappa shape index (κ3) is 3.75. The van der Waals surface area contributed by atoms with Crippen LogP contribution in [0.15, 0.2) is 72.8 Å². The molecular weight excluding hydrogens is 397 g/mol. The number of benzene rings is 3. The zero-order valence-corrected chi connectivity index (χ0v) is 16.9. The molecular formula is C24H22FN3O3. The van der Waals surface area contributed by atoms with Crippen LogP contribution in [0.1, 0.15) is 23.6 Å². The van der Waals surface area contributed by atoms with Gasteiger partial charge in [0, 0.05) is 17.8 Å². The standard InChI is InChI=1S/C24H22FN3O3/c1-2-16-9-13-19(14-10-16)28-23(30)27-21-6-4-3-5-20(21)24(28,31)22(29)26-15-17-7-11-18(25)12-8-17/h3-14,31H,2,15H2,1H3,(H,26,29)(H,27,30). The summed E-state index contributed by atoms with van der Waals surface area (Å²) in [5.74, 6) is -1.15. The van der Waals surface area contributed by atoms with E-state index in [1.807, 2.05) is 19.1 Å². The SMILES string of the molecule is CCc1ccc(N2C(=O)Nc3ccccc3C2(O)C(=O)NCc2ccc(F)cc2)cc1. The first-order chi connectivity index (χ1) is 14.9. The minimum absolute atomic E-state index is 0.0633. The number of nitrogens with zero attached hydrogens (tertiary/aromatic N) is 1. The van der Waals surface area contributed by atoms with Crippen molar-refractivity contribution in [3.8, 4) is 0 Å². The molecule has 31 heavy (non-hydrogen) atoms. The summed E-state index contributed by atoms with van der Waals surface area (Å²) in [6.07, 6.45) is 0.817. The molecule has 0 aromatic heterocycles. The Balaban J connectivity index is 1.73. The van der Waals surface area contributed by atoms with E-state index in [2.05, 4.69) is 10.6 Å². The molecule has 3 aromatic carbocycles. The van der Waals surface area contributed by atoms with Crippen molar-refractivity contribution in [2.75, 3.05) is 10.2 Å². The summed E-state index contributed by atoms with van der Waals surface area (Å²) in [4.78, 5) is 27.3. The van der Waals surface area contributed by atoms with Crippen LogP contribution in [0.25, 0.3) is 0 Å². The van der Waals surface area contributed by atoms with E-state index in [1.54, 1.807) is 48.5 Å². The molecule has 4 rings (SSSR count). The van der Waals surface area contributed by atoms with Gasteiger partial charge in [0.15, 0.2) is 0 Å². The highest BCUT2D eigenvalue weighted by Gasteiger charge is 2.51. The monoisotopic (exact) mass is 419 g/mol. The summed E-state index contributed by atoms with van der Waals surface area (Å²) in [6.45, 7) is 2.08. The number of nitrogens with one attached hydrogen (secondary N) is 2. The average Bonchev–Trinajstić information content (AvgIpc) is 2.79. The van der Waals surface area contributed by atoms with Crippen molar-refractivity contribution in [2.24, 2.45) is 0 Å². The van der Waals surface area contributed by atoms with Crippen LogP contribution in [0.2, 0.25) is 0 Å². The van der Waals surface area contributed by atoms with Crippen molar-refractivity contribution in [1.82, 2.24) is 5.32 Å². The lowest BCUT2D eigenvalue weighted by molar-refractivity contribution is -0.140. The van der Waals surface area contributed by atoms with Gasteiger partial charge < -0.3 is 15.7 Å². The third-order valence-corrected chi connectivity index (χ3v) is 5.36. The van der Waals surface area contributed by atoms with Crippen molar-refractivity contribution in [3.63, 3.8) is 0 Å². The molecule has 3 amide bonds. The van der Waals surface area contributed by atoms with Gasteiger partial charge in [0.1, 0.15) is 5.82 Å². The normalized spacial score (nSPS) is 17.6. The van der Waals surface area contributed by atoms with Crippen LogP contribution in [0.3, 0.4) is 0 Å². The van der Waals surface area contributed by atoms with Gasteiger partial charge in [0.05, 0.1) is 5.69 Å². The Kier molecular flexibility index (Phi) is 5.44. The molecule has 1 aliphatic rings. The van der Waals surface area contributed by atoms with Gasteiger partial charge in [-0.1, -0.05) is 49.4 Å². The van der Waals surface area contributed by atoms with Crippen LogP contribution >= 0.6 is 0 Å². The first-order valence-electron chi connectivity index (χ1n) is 9.98. The van der Waals surface area contributed by atoms with E-state index in [0.29, 0.717) is 16.9 Å². The Labute approximate surface area is 179 Å². The number of rotatable bonds is 5. The van der Waals surface area contributed by atoms with Gasteiger partial charge in [0.2, 0.25) is 0 Å². The summed E-state index contributed by atoms with van der Waals surface area (Å²) in [5, 5.41) is 17.1. The molecule has 0 saturated heterocycles. The number of carbonyl (C=O) groups is 2. The number of para-hydroxylation sites is 1. The van der Waals surface area contributed by atoms with E-state index < -0.39 is 17.7 Å². The maximum atomic E-state index is 13.3. The molecule has 6 nitrogen and oxygen atoms in total. The topological polar surface area (TPSA) is 81.7 Å². The second-order valence-corrected chi connectivity index (χ2v) is 7.31. The summed E-state index contributed by atoms with van der Waals surface area (Å²) in [6, 6.07) is 18.8. The average molecular weight is 419 g/mol. The smallest absolute Gasteiger partial charge is 0.329 e. The lowest BCUT2D eigenvalue weighted by Gasteiger charge is -2.42. The van der Waals surface area contributed by atoms with Crippen LogP contribution in [-0.2, 0) is 23.5 Å². The van der Waals surface area contributed by atoms with Gasteiger partial charge in [0.25, 0.3) is 11.6 Å². The largest absolute Gasteiger partial charge is 0.359 e. The number of anilines is 2. The van der Waals surface area contributed by atoms with Gasteiger partial charge >= 0.3 is 6.03 Å². The summed E-state index contributed by atoms with van der Waals surface area (Å²) in [7, 11) is 0. The minimum Gasteiger partial charge on any atom is -0.359 e. The fourth-order valence-electron chi connectivity index (χ4n) is 3.65. The van der Waals surface area contributed by atoms with Crippen molar-refractivity contribution < 1.29 is 19.1 Å². The zero-order chi connectivity index (χ0) is 22.0. The number of hydrogen-bond acceptors (Lipinski definition) is 3. The van der Waals surface area contributed by atoms with E-state index in [-0.39, 0.29) is 17.9 Å². The molecule has 0 saturated carbocycles. The van der Waals surface area contributed by atoms with E-state index in [1.165, 1.54) is 12.1 Å². The second kappa shape index (κ2) is 8.20. The fourth-order valence-corrected chi connectivity index (χ4v) is 3.65. The number of aliphatic hydroxyl groups is 1. The number of amides is 3. The maximum Gasteiger partial charge on any atom is 0.329 e. The van der Waals surface area contributed by atoms with E-state index in [9.17, 15) is 19.1 Å². The van der Waals surface area contributed by atoms with Crippen LogP contribution in [0, 0.1) is 5.82 Å². The molecule has 0 bridgehead atoms. The molecule has 7 heteroatoms. The van der Waals surface area contributed by atoms with E-state index in [4.69, 9.17) is 0 Å². The third-order valence-electron chi connectivity index (χ3n) is 5.36. The van der Waals surface area contributed by atoms with Gasteiger partial charge in [-0.05, 0) is 47.9 Å². The van der Waals surface area contributed by atoms with Crippen molar-refractivity contribution >= 4 is 23.3 Å². The Morgan fingerprint density at radius 2 is 1.68 bits per heavy atom. The molecule has 1 aliphatic heterocycles. The number of halogens is 1. The van der Waals surface area contributed by atoms with Gasteiger partial charge in [-0.2, -0.15) is 0 Å². The van der Waals surface area contributed by atoms with E-state index >= 15 is 0 Å². The van der Waals surface area contributed by atoms with Gasteiger partial charge in [-0.25, -0.2) is 9.18 Å². The molecule has 3 aromatic rings. The molecule has 0 spiro atoms. The van der Waals surface area contributed by atoms with Crippen molar-refractivity contribution in [1.29, 1.82) is 0 Å². The van der Waals surface area contributed by atoms with Crippen molar-refractivity contribution in [3.05, 3.63) is 95.3 Å². The lowest BCUT2D eigenvalue weighted by Crippen LogP contribution is -2.62. The second-order valence-electron chi connectivity index (χ2n) is 7.31. The zero-order valence-electron chi connectivity index (χ0n) is 16.9. The molecule has 158 valence electrons. The minimum atomic E-state index is -2.27. The predicted molar refractivity (Wildman–Crippen MR) is 116 cm³/mol. The first kappa shape index (κ1) is 20.6. The number of carbonyl (C=O) groups excluding carboxylic acids is 2. The van der Waals surface area contributed by atoms with E-state index in [0.717, 1.165) is 16.9 Å².